The third-order valence-corrected chi connectivity index (χ3v) is 3.15. The molecule has 1 aromatic heterocycles. The number of anilines is 1. The van der Waals surface area contributed by atoms with Crippen LogP contribution >= 0.6 is 0 Å². The van der Waals surface area contributed by atoms with Crippen LogP contribution in [0.1, 0.15) is 36.1 Å². The summed E-state index contributed by atoms with van der Waals surface area (Å²) in [6, 6.07) is 1.56. The Morgan fingerprint density at radius 1 is 1.41 bits per heavy atom. The molecule has 2 heterocycles. The molecule has 1 saturated heterocycles. The van der Waals surface area contributed by atoms with Gasteiger partial charge < -0.3 is 10.0 Å². The summed E-state index contributed by atoms with van der Waals surface area (Å²) < 4.78 is 0. The summed E-state index contributed by atoms with van der Waals surface area (Å²) in [5, 5.41) is 8.97. The molecular formula is C12H17N3O2. The Hall–Kier alpha value is -1.65. The number of carboxylic acid groups (broad SMARTS) is 1. The van der Waals surface area contributed by atoms with E-state index in [4.69, 9.17) is 5.11 Å². The van der Waals surface area contributed by atoms with E-state index in [0.29, 0.717) is 5.82 Å². The number of hydrogen-bond acceptors (Lipinski definition) is 4. The molecule has 0 unspecified atom stereocenters. The third kappa shape index (κ3) is 2.72. The van der Waals surface area contributed by atoms with Gasteiger partial charge in [0.1, 0.15) is 11.6 Å². The van der Waals surface area contributed by atoms with Crippen molar-refractivity contribution >= 4 is 11.8 Å². The molecule has 1 aromatic rings. The quantitative estimate of drug-likeness (QED) is 0.845. The van der Waals surface area contributed by atoms with Crippen molar-refractivity contribution in [2.45, 2.75) is 26.7 Å². The van der Waals surface area contributed by atoms with E-state index in [1.165, 1.54) is 0 Å². The molecule has 0 atom stereocenters. The van der Waals surface area contributed by atoms with Crippen LogP contribution in [0.2, 0.25) is 0 Å². The monoisotopic (exact) mass is 235 g/mol. The van der Waals surface area contributed by atoms with Gasteiger partial charge in [-0.3, -0.25) is 0 Å². The summed E-state index contributed by atoms with van der Waals surface area (Å²) in [5.41, 5.74) is 0.0751. The molecule has 1 aliphatic heterocycles. The molecule has 5 heteroatoms. The Morgan fingerprint density at radius 2 is 2.06 bits per heavy atom. The lowest BCUT2D eigenvalue weighted by Crippen LogP contribution is -2.33. The topological polar surface area (TPSA) is 66.3 Å². The van der Waals surface area contributed by atoms with Crippen molar-refractivity contribution in [3.8, 4) is 0 Å². The number of piperidine rings is 1. The first-order valence-electron chi connectivity index (χ1n) is 5.90. The van der Waals surface area contributed by atoms with Crippen molar-refractivity contribution in [1.29, 1.82) is 0 Å². The highest BCUT2D eigenvalue weighted by atomic mass is 16.4. The van der Waals surface area contributed by atoms with Gasteiger partial charge >= 0.3 is 5.97 Å². The molecule has 2 rings (SSSR count). The van der Waals surface area contributed by atoms with E-state index in [-0.39, 0.29) is 5.69 Å². The van der Waals surface area contributed by atoms with Crippen LogP contribution in [-0.4, -0.2) is 34.1 Å². The van der Waals surface area contributed by atoms with E-state index in [0.717, 1.165) is 37.7 Å². The smallest absolute Gasteiger partial charge is 0.354 e. The van der Waals surface area contributed by atoms with Gasteiger partial charge in [-0.05, 0) is 25.7 Å². The second kappa shape index (κ2) is 4.69. The predicted molar refractivity (Wildman–Crippen MR) is 64.3 cm³/mol. The summed E-state index contributed by atoms with van der Waals surface area (Å²) in [4.78, 5) is 21.3. The van der Waals surface area contributed by atoms with Crippen LogP contribution in [0, 0.1) is 12.8 Å². The molecular weight excluding hydrogens is 218 g/mol. The SMILES string of the molecule is Cc1nc(C(=O)O)cc(N2CCC(C)CC2)n1. The normalized spacial score (nSPS) is 17.2. The molecule has 1 aliphatic rings. The minimum absolute atomic E-state index is 0.0751. The highest BCUT2D eigenvalue weighted by Crippen LogP contribution is 2.21. The average molecular weight is 235 g/mol. The predicted octanol–water partition coefficient (Wildman–Crippen LogP) is 1.72. The first-order chi connectivity index (χ1) is 8.06. The largest absolute Gasteiger partial charge is 0.477 e. The molecule has 0 bridgehead atoms. The molecule has 92 valence electrons. The number of hydrogen-bond donors (Lipinski definition) is 1. The Balaban J connectivity index is 2.23. The number of aromatic carboxylic acids is 1. The Labute approximate surface area is 100 Å². The standard InChI is InChI=1S/C12H17N3O2/c1-8-3-5-15(6-4-8)11-7-10(12(16)17)13-9(2)14-11/h7-8H,3-6H2,1-2H3,(H,16,17). The third-order valence-electron chi connectivity index (χ3n) is 3.15. The minimum Gasteiger partial charge on any atom is -0.477 e. The van der Waals surface area contributed by atoms with Gasteiger partial charge in [0.2, 0.25) is 0 Å². The van der Waals surface area contributed by atoms with Crippen LogP contribution in [0.5, 0.6) is 0 Å². The zero-order valence-electron chi connectivity index (χ0n) is 10.2. The summed E-state index contributed by atoms with van der Waals surface area (Å²) >= 11 is 0. The first-order valence-corrected chi connectivity index (χ1v) is 5.90. The number of aromatic nitrogens is 2. The molecule has 0 aromatic carbocycles. The van der Waals surface area contributed by atoms with Crippen LogP contribution in [0.25, 0.3) is 0 Å². The number of nitrogens with zero attached hydrogens (tertiary/aromatic N) is 3. The number of carbonyl (C=O) groups is 1. The van der Waals surface area contributed by atoms with Crippen molar-refractivity contribution in [3.05, 3.63) is 17.6 Å². The molecule has 0 amide bonds. The lowest BCUT2D eigenvalue weighted by atomic mass is 9.99. The molecule has 17 heavy (non-hydrogen) atoms. The minimum atomic E-state index is -0.998. The van der Waals surface area contributed by atoms with E-state index in [1.807, 2.05) is 0 Å². The zero-order valence-corrected chi connectivity index (χ0v) is 10.2. The van der Waals surface area contributed by atoms with Gasteiger partial charge in [-0.25, -0.2) is 14.8 Å². The fourth-order valence-corrected chi connectivity index (χ4v) is 2.06. The summed E-state index contributed by atoms with van der Waals surface area (Å²) in [6.07, 6.45) is 2.26. The maximum absolute atomic E-state index is 10.9. The van der Waals surface area contributed by atoms with Gasteiger partial charge in [0.25, 0.3) is 0 Å². The molecule has 1 N–H and O–H groups in total. The summed E-state index contributed by atoms with van der Waals surface area (Å²) in [5.74, 6) is 0.996. The first kappa shape index (κ1) is 11.8. The highest BCUT2D eigenvalue weighted by molar-refractivity contribution is 5.86. The van der Waals surface area contributed by atoms with Crippen LogP contribution in [0.15, 0.2) is 6.07 Å². The molecule has 1 fully saturated rings. The lowest BCUT2D eigenvalue weighted by Gasteiger charge is -2.31. The molecule has 0 aliphatic carbocycles. The van der Waals surface area contributed by atoms with Gasteiger partial charge in [-0.2, -0.15) is 0 Å². The van der Waals surface area contributed by atoms with Crippen LogP contribution < -0.4 is 4.90 Å². The van der Waals surface area contributed by atoms with E-state index in [2.05, 4.69) is 21.8 Å². The average Bonchev–Trinajstić information content (AvgIpc) is 2.29. The van der Waals surface area contributed by atoms with Gasteiger partial charge in [0.05, 0.1) is 0 Å². The maximum atomic E-state index is 10.9. The zero-order chi connectivity index (χ0) is 12.4. The van der Waals surface area contributed by atoms with Gasteiger partial charge in [-0.1, -0.05) is 6.92 Å². The lowest BCUT2D eigenvalue weighted by molar-refractivity contribution is 0.0690. The van der Waals surface area contributed by atoms with Crippen molar-refractivity contribution in [3.63, 3.8) is 0 Å². The van der Waals surface area contributed by atoms with E-state index >= 15 is 0 Å². The van der Waals surface area contributed by atoms with Crippen LogP contribution in [-0.2, 0) is 0 Å². The molecule has 0 spiro atoms. The summed E-state index contributed by atoms with van der Waals surface area (Å²) in [6.45, 7) is 5.85. The number of carboxylic acids is 1. The summed E-state index contributed by atoms with van der Waals surface area (Å²) in [7, 11) is 0. The molecule has 5 nitrogen and oxygen atoms in total. The molecule has 0 radical (unpaired) electrons. The maximum Gasteiger partial charge on any atom is 0.354 e. The van der Waals surface area contributed by atoms with Crippen molar-refractivity contribution in [1.82, 2.24) is 9.97 Å². The van der Waals surface area contributed by atoms with Gasteiger partial charge in [-0.15, -0.1) is 0 Å². The fraction of sp³-hybridized carbons (Fsp3) is 0.583. The van der Waals surface area contributed by atoms with Crippen molar-refractivity contribution in [2.75, 3.05) is 18.0 Å². The second-order valence-corrected chi connectivity index (χ2v) is 4.63. The van der Waals surface area contributed by atoms with E-state index in [9.17, 15) is 4.79 Å². The van der Waals surface area contributed by atoms with Crippen LogP contribution in [0.3, 0.4) is 0 Å². The fourth-order valence-electron chi connectivity index (χ4n) is 2.06. The molecule has 0 saturated carbocycles. The number of rotatable bonds is 2. The van der Waals surface area contributed by atoms with Crippen molar-refractivity contribution < 1.29 is 9.90 Å². The van der Waals surface area contributed by atoms with Crippen LogP contribution in [0.4, 0.5) is 5.82 Å². The van der Waals surface area contributed by atoms with Gasteiger partial charge in [0, 0.05) is 19.2 Å². The van der Waals surface area contributed by atoms with Gasteiger partial charge in [0.15, 0.2) is 5.69 Å². The van der Waals surface area contributed by atoms with E-state index < -0.39 is 5.97 Å². The Morgan fingerprint density at radius 3 is 2.65 bits per heavy atom. The number of aryl methyl sites for hydroxylation is 1. The Bertz CT molecular complexity index is 426. The van der Waals surface area contributed by atoms with E-state index in [1.54, 1.807) is 13.0 Å². The van der Waals surface area contributed by atoms with Crippen molar-refractivity contribution in [2.24, 2.45) is 5.92 Å². The highest BCUT2D eigenvalue weighted by Gasteiger charge is 2.19. The Kier molecular flexibility index (Phi) is 3.26. The second-order valence-electron chi connectivity index (χ2n) is 4.63.